The highest BCUT2D eigenvalue weighted by Crippen LogP contribution is 2.27. The van der Waals surface area contributed by atoms with Gasteiger partial charge in [-0.15, -0.1) is 0 Å². The summed E-state index contributed by atoms with van der Waals surface area (Å²) in [7, 11) is 0. The fourth-order valence-electron chi connectivity index (χ4n) is 0.884. The van der Waals surface area contributed by atoms with Crippen LogP contribution in [0.2, 0.25) is 10.0 Å². The first-order chi connectivity index (χ1) is 8.02. The van der Waals surface area contributed by atoms with Gasteiger partial charge in [0.2, 0.25) is 0 Å². The minimum Gasteiger partial charge on any atom is -0.434 e. The average Bonchev–Trinajstić information content (AvgIpc) is 2.22. The normalized spacial score (nSPS) is 9.59. The zero-order chi connectivity index (χ0) is 12.8. The molecular weight excluding hydrogens is 271 g/mol. The van der Waals surface area contributed by atoms with Gasteiger partial charge >= 0.3 is 12.3 Å². The number of hydrogen-bond donors (Lipinski definition) is 0. The summed E-state index contributed by atoms with van der Waals surface area (Å²) in [4.78, 5) is 21.9. The van der Waals surface area contributed by atoms with Crippen LogP contribution >= 0.6 is 23.2 Å². The molecule has 0 atom stereocenters. The lowest BCUT2D eigenvalue weighted by atomic mass is 10.3. The molecule has 0 aliphatic rings. The predicted octanol–water partition coefficient (Wildman–Crippen LogP) is 3.67. The Hall–Kier alpha value is -1.46. The molecule has 0 spiro atoms. The molecule has 1 aromatic rings. The van der Waals surface area contributed by atoms with E-state index in [2.05, 4.69) is 14.2 Å². The van der Waals surface area contributed by atoms with Crippen LogP contribution in [-0.4, -0.2) is 18.9 Å². The number of benzene rings is 1. The van der Waals surface area contributed by atoms with Crippen LogP contribution < -0.4 is 4.74 Å². The number of halogens is 2. The van der Waals surface area contributed by atoms with Crippen molar-refractivity contribution in [3.05, 3.63) is 28.2 Å². The number of rotatable bonds is 2. The van der Waals surface area contributed by atoms with Crippen LogP contribution in [0.15, 0.2) is 18.2 Å². The van der Waals surface area contributed by atoms with E-state index in [4.69, 9.17) is 23.2 Å². The third kappa shape index (κ3) is 4.50. The van der Waals surface area contributed by atoms with Crippen LogP contribution in [0.1, 0.15) is 6.92 Å². The Kier molecular flexibility index (Phi) is 5.06. The molecule has 1 rings (SSSR count). The minimum atomic E-state index is -1.23. The van der Waals surface area contributed by atoms with Gasteiger partial charge in [-0.25, -0.2) is 9.59 Å². The molecule has 0 aromatic heterocycles. The molecule has 17 heavy (non-hydrogen) atoms. The summed E-state index contributed by atoms with van der Waals surface area (Å²) in [6.45, 7) is 1.66. The monoisotopic (exact) mass is 278 g/mol. The number of carbonyl (C=O) groups excluding carboxylic acids is 2. The number of ether oxygens (including phenoxy) is 3. The van der Waals surface area contributed by atoms with Gasteiger partial charge in [0.05, 0.1) is 11.6 Å². The van der Waals surface area contributed by atoms with Crippen molar-refractivity contribution in [2.75, 3.05) is 6.61 Å². The number of hydrogen-bond acceptors (Lipinski definition) is 5. The van der Waals surface area contributed by atoms with Crippen LogP contribution in [0.3, 0.4) is 0 Å². The SMILES string of the molecule is CCOC(=O)OC(=O)Oc1ccc(Cl)cc1Cl. The molecule has 92 valence electrons. The lowest BCUT2D eigenvalue weighted by molar-refractivity contribution is 0.0611. The Balaban J connectivity index is 2.59. The minimum absolute atomic E-state index is 0.0327. The summed E-state index contributed by atoms with van der Waals surface area (Å²) >= 11 is 11.4. The maximum atomic E-state index is 11.1. The van der Waals surface area contributed by atoms with Gasteiger partial charge in [-0.3, -0.25) is 0 Å². The maximum absolute atomic E-state index is 11.1. The summed E-state index contributed by atoms with van der Waals surface area (Å²) < 4.78 is 13.2. The van der Waals surface area contributed by atoms with Crippen molar-refractivity contribution in [3.63, 3.8) is 0 Å². The Labute approximate surface area is 107 Å². The molecule has 0 saturated heterocycles. The van der Waals surface area contributed by atoms with Crippen molar-refractivity contribution in [1.82, 2.24) is 0 Å². The van der Waals surface area contributed by atoms with Gasteiger partial charge in [0.25, 0.3) is 0 Å². The molecular formula is C10H8Cl2O5. The smallest absolute Gasteiger partial charge is 0.434 e. The van der Waals surface area contributed by atoms with Gasteiger partial charge in [-0.1, -0.05) is 23.2 Å². The fourth-order valence-corrected chi connectivity index (χ4v) is 1.33. The van der Waals surface area contributed by atoms with Gasteiger partial charge in [0.1, 0.15) is 0 Å². The standard InChI is InChI=1S/C10H8Cl2O5/c1-2-15-9(13)17-10(14)16-8-4-3-6(11)5-7(8)12/h3-5H,2H2,1H3. The second-order valence-corrected chi connectivity index (χ2v) is 3.56. The lowest BCUT2D eigenvalue weighted by Gasteiger charge is -2.05. The van der Waals surface area contributed by atoms with E-state index in [0.717, 1.165) is 0 Å². The van der Waals surface area contributed by atoms with Gasteiger partial charge in [-0.05, 0) is 25.1 Å². The van der Waals surface area contributed by atoms with Crippen molar-refractivity contribution >= 4 is 35.5 Å². The first-order valence-corrected chi connectivity index (χ1v) is 5.30. The highest BCUT2D eigenvalue weighted by atomic mass is 35.5. The maximum Gasteiger partial charge on any atom is 0.524 e. The topological polar surface area (TPSA) is 61.8 Å². The molecule has 0 saturated carbocycles. The fraction of sp³-hybridized carbons (Fsp3) is 0.200. The predicted molar refractivity (Wildman–Crippen MR) is 60.6 cm³/mol. The van der Waals surface area contributed by atoms with E-state index in [-0.39, 0.29) is 17.4 Å². The third-order valence-electron chi connectivity index (χ3n) is 1.52. The van der Waals surface area contributed by atoms with Crippen molar-refractivity contribution < 1.29 is 23.8 Å². The second kappa shape index (κ2) is 6.32. The summed E-state index contributed by atoms with van der Waals surface area (Å²) in [5, 5.41) is 0.513. The summed E-state index contributed by atoms with van der Waals surface area (Å²) in [5.74, 6) is 0.0327. The van der Waals surface area contributed by atoms with Crippen LogP contribution in [0.25, 0.3) is 0 Å². The largest absolute Gasteiger partial charge is 0.524 e. The van der Waals surface area contributed by atoms with Gasteiger partial charge < -0.3 is 14.2 Å². The van der Waals surface area contributed by atoms with E-state index >= 15 is 0 Å². The van der Waals surface area contributed by atoms with Crippen LogP contribution in [0.5, 0.6) is 5.75 Å². The first-order valence-electron chi connectivity index (χ1n) is 4.54. The quantitative estimate of drug-likeness (QED) is 0.469. The molecule has 0 aliphatic carbocycles. The summed E-state index contributed by atoms with van der Waals surface area (Å²) in [6, 6.07) is 4.23. The molecule has 1 aromatic carbocycles. The lowest BCUT2D eigenvalue weighted by Crippen LogP contribution is -2.17. The highest BCUT2D eigenvalue weighted by Gasteiger charge is 2.15. The van der Waals surface area contributed by atoms with Crippen molar-refractivity contribution in [2.24, 2.45) is 0 Å². The summed E-state index contributed by atoms with van der Waals surface area (Å²) in [5.41, 5.74) is 0. The van der Waals surface area contributed by atoms with Crippen LogP contribution in [-0.2, 0) is 9.47 Å². The molecule has 7 heteroatoms. The van der Waals surface area contributed by atoms with Gasteiger partial charge in [-0.2, -0.15) is 0 Å². The van der Waals surface area contributed by atoms with E-state index in [1.807, 2.05) is 0 Å². The molecule has 0 aliphatic heterocycles. The zero-order valence-corrected chi connectivity index (χ0v) is 10.2. The first kappa shape index (κ1) is 13.6. The molecule has 0 radical (unpaired) electrons. The van der Waals surface area contributed by atoms with Gasteiger partial charge in [0, 0.05) is 5.02 Å². The second-order valence-electron chi connectivity index (χ2n) is 2.71. The molecule has 0 heterocycles. The average molecular weight is 279 g/mol. The van der Waals surface area contributed by atoms with Crippen molar-refractivity contribution in [2.45, 2.75) is 6.92 Å². The Morgan fingerprint density at radius 2 is 1.94 bits per heavy atom. The summed E-state index contributed by atoms with van der Waals surface area (Å²) in [6.07, 6.45) is -2.37. The molecule has 5 nitrogen and oxygen atoms in total. The molecule has 0 unspecified atom stereocenters. The molecule has 0 fully saturated rings. The van der Waals surface area contributed by atoms with Crippen LogP contribution in [0.4, 0.5) is 9.59 Å². The van der Waals surface area contributed by atoms with Crippen molar-refractivity contribution in [1.29, 1.82) is 0 Å². The van der Waals surface area contributed by atoms with Crippen molar-refractivity contribution in [3.8, 4) is 5.75 Å². The Morgan fingerprint density at radius 3 is 2.53 bits per heavy atom. The number of carbonyl (C=O) groups is 2. The van der Waals surface area contributed by atoms with E-state index in [9.17, 15) is 9.59 Å². The molecule has 0 bridgehead atoms. The van der Waals surface area contributed by atoms with Crippen LogP contribution in [0, 0.1) is 0 Å². The zero-order valence-electron chi connectivity index (χ0n) is 8.74. The molecule has 0 N–H and O–H groups in total. The molecule has 0 amide bonds. The van der Waals surface area contributed by atoms with E-state index in [1.165, 1.54) is 18.2 Å². The van der Waals surface area contributed by atoms with E-state index in [1.54, 1.807) is 6.92 Å². The Bertz CT molecular complexity index is 433. The van der Waals surface area contributed by atoms with Gasteiger partial charge in [0.15, 0.2) is 5.75 Å². The Morgan fingerprint density at radius 1 is 1.24 bits per heavy atom. The van der Waals surface area contributed by atoms with E-state index < -0.39 is 12.3 Å². The third-order valence-corrected chi connectivity index (χ3v) is 2.05. The van der Waals surface area contributed by atoms with E-state index in [0.29, 0.717) is 5.02 Å². The highest BCUT2D eigenvalue weighted by molar-refractivity contribution is 6.35.